The average molecular weight is 337 g/mol. The van der Waals surface area contributed by atoms with Gasteiger partial charge in [-0.05, 0) is 40.9 Å². The van der Waals surface area contributed by atoms with E-state index in [0.29, 0.717) is 0 Å². The molecule has 2 aromatic rings. The lowest BCUT2D eigenvalue weighted by atomic mass is 9.73. The molecule has 2 aromatic carbocycles. The zero-order chi connectivity index (χ0) is 17.4. The van der Waals surface area contributed by atoms with E-state index in [2.05, 4.69) is 101 Å². The fourth-order valence-electron chi connectivity index (χ4n) is 3.04. The average Bonchev–Trinajstić information content (AvgIpc) is 2.51. The number of fused-ring (bicyclic) bond motifs is 1. The van der Waals surface area contributed by atoms with E-state index in [1.54, 1.807) is 0 Å². The van der Waals surface area contributed by atoms with Gasteiger partial charge in [0.1, 0.15) is 5.60 Å². The molecule has 2 heteroatoms. The van der Waals surface area contributed by atoms with Crippen LogP contribution >= 0.6 is 0 Å². The SMILES string of the molecule is CC(C)(C)[Si](C)(C)OC1(/C=C/c2ccccc2)Cc2ccccc21. The van der Waals surface area contributed by atoms with Crippen molar-refractivity contribution < 1.29 is 4.43 Å². The Morgan fingerprint density at radius 3 is 2.21 bits per heavy atom. The second-order valence-electron chi connectivity index (χ2n) is 8.33. The highest BCUT2D eigenvalue weighted by Gasteiger charge is 2.49. The monoisotopic (exact) mass is 336 g/mol. The van der Waals surface area contributed by atoms with Crippen LogP contribution in [0.25, 0.3) is 6.08 Å². The molecule has 0 bridgehead atoms. The van der Waals surface area contributed by atoms with Gasteiger partial charge in [-0.25, -0.2) is 0 Å². The van der Waals surface area contributed by atoms with Crippen molar-refractivity contribution in [2.24, 2.45) is 0 Å². The fourth-order valence-corrected chi connectivity index (χ4v) is 4.50. The Bertz CT molecular complexity index is 740. The maximum Gasteiger partial charge on any atom is 0.193 e. The standard InChI is InChI=1S/C22H28OSi/c1-21(2,3)24(4,5)23-22(16-15-18-11-7-6-8-12-18)17-19-13-9-10-14-20(19)22/h6-16H,17H2,1-5H3/b16-15+. The van der Waals surface area contributed by atoms with E-state index in [4.69, 9.17) is 4.43 Å². The lowest BCUT2D eigenvalue weighted by molar-refractivity contribution is 0.0775. The molecule has 0 radical (unpaired) electrons. The molecule has 0 aromatic heterocycles. The smallest absolute Gasteiger partial charge is 0.193 e. The summed E-state index contributed by atoms with van der Waals surface area (Å²) in [7, 11) is -1.87. The summed E-state index contributed by atoms with van der Waals surface area (Å²) in [5, 5.41) is 0.200. The van der Waals surface area contributed by atoms with E-state index < -0.39 is 8.32 Å². The third kappa shape index (κ3) is 3.13. The van der Waals surface area contributed by atoms with Crippen LogP contribution in [0.4, 0.5) is 0 Å². The van der Waals surface area contributed by atoms with Crippen LogP contribution in [0.3, 0.4) is 0 Å². The van der Waals surface area contributed by atoms with E-state index in [9.17, 15) is 0 Å². The first kappa shape index (κ1) is 17.2. The van der Waals surface area contributed by atoms with Crippen LogP contribution in [0.2, 0.25) is 18.1 Å². The van der Waals surface area contributed by atoms with Gasteiger partial charge in [-0.2, -0.15) is 0 Å². The third-order valence-electron chi connectivity index (χ3n) is 5.51. The number of benzene rings is 2. The molecule has 126 valence electrons. The van der Waals surface area contributed by atoms with E-state index in [1.165, 1.54) is 16.7 Å². The summed E-state index contributed by atoms with van der Waals surface area (Å²) in [5.74, 6) is 0. The first-order chi connectivity index (χ1) is 11.2. The van der Waals surface area contributed by atoms with Crippen LogP contribution in [-0.4, -0.2) is 8.32 Å². The highest BCUT2D eigenvalue weighted by Crippen LogP contribution is 2.49. The maximum atomic E-state index is 6.93. The molecule has 0 aliphatic heterocycles. The molecule has 3 rings (SSSR count). The second kappa shape index (κ2) is 6.02. The largest absolute Gasteiger partial charge is 0.404 e. The summed E-state index contributed by atoms with van der Waals surface area (Å²) in [6.45, 7) is 11.6. The first-order valence-corrected chi connectivity index (χ1v) is 11.7. The van der Waals surface area contributed by atoms with E-state index in [-0.39, 0.29) is 10.6 Å². The Morgan fingerprint density at radius 1 is 0.958 bits per heavy atom. The normalized spacial score (nSPS) is 20.7. The molecule has 1 atom stereocenters. The predicted octanol–water partition coefficient (Wildman–Crippen LogP) is 6.17. The van der Waals surface area contributed by atoms with Crippen molar-refractivity contribution in [3.05, 3.63) is 77.4 Å². The molecule has 0 spiro atoms. The highest BCUT2D eigenvalue weighted by atomic mass is 28.4. The van der Waals surface area contributed by atoms with Crippen molar-refractivity contribution in [1.29, 1.82) is 0 Å². The van der Waals surface area contributed by atoms with Gasteiger partial charge in [-0.3, -0.25) is 0 Å². The molecule has 0 saturated heterocycles. The summed E-state index contributed by atoms with van der Waals surface area (Å²) >= 11 is 0. The van der Waals surface area contributed by atoms with Gasteiger partial charge in [0.15, 0.2) is 8.32 Å². The van der Waals surface area contributed by atoms with Gasteiger partial charge in [0, 0.05) is 6.42 Å². The molecule has 1 aliphatic rings. The highest BCUT2D eigenvalue weighted by molar-refractivity contribution is 6.74. The van der Waals surface area contributed by atoms with Gasteiger partial charge in [0.2, 0.25) is 0 Å². The lowest BCUT2D eigenvalue weighted by Gasteiger charge is -2.50. The second-order valence-corrected chi connectivity index (χ2v) is 13.1. The summed E-state index contributed by atoms with van der Waals surface area (Å²) in [6.07, 6.45) is 5.47. The molecule has 0 saturated carbocycles. The summed E-state index contributed by atoms with van der Waals surface area (Å²) in [6, 6.07) is 19.2. The van der Waals surface area contributed by atoms with Crippen LogP contribution in [0.5, 0.6) is 0 Å². The molecule has 24 heavy (non-hydrogen) atoms. The lowest BCUT2D eigenvalue weighted by Crippen LogP contribution is -2.52. The van der Waals surface area contributed by atoms with E-state index in [0.717, 1.165) is 6.42 Å². The Kier molecular flexibility index (Phi) is 4.31. The van der Waals surface area contributed by atoms with Crippen molar-refractivity contribution >= 4 is 14.4 Å². The van der Waals surface area contributed by atoms with Crippen LogP contribution < -0.4 is 0 Å². The molecule has 1 aliphatic carbocycles. The predicted molar refractivity (Wildman–Crippen MR) is 106 cm³/mol. The molecule has 0 fully saturated rings. The summed E-state index contributed by atoms with van der Waals surface area (Å²) < 4.78 is 6.93. The van der Waals surface area contributed by atoms with Gasteiger partial charge >= 0.3 is 0 Å². The van der Waals surface area contributed by atoms with Gasteiger partial charge in [0.05, 0.1) is 0 Å². The fraction of sp³-hybridized carbons (Fsp3) is 0.364. The van der Waals surface area contributed by atoms with Crippen molar-refractivity contribution in [2.75, 3.05) is 0 Å². The van der Waals surface area contributed by atoms with Crippen LogP contribution in [0.1, 0.15) is 37.5 Å². The minimum atomic E-state index is -1.87. The molecular formula is C22H28OSi. The minimum Gasteiger partial charge on any atom is -0.404 e. The van der Waals surface area contributed by atoms with Crippen LogP contribution in [-0.2, 0) is 16.4 Å². The quantitative estimate of drug-likeness (QED) is 0.606. The molecule has 0 heterocycles. The topological polar surface area (TPSA) is 9.23 Å². The summed E-state index contributed by atoms with van der Waals surface area (Å²) in [4.78, 5) is 0. The zero-order valence-corrected chi connectivity index (χ0v) is 16.5. The molecular weight excluding hydrogens is 308 g/mol. The van der Waals surface area contributed by atoms with Gasteiger partial charge in [-0.1, -0.05) is 81.4 Å². The van der Waals surface area contributed by atoms with Gasteiger partial charge in [0.25, 0.3) is 0 Å². The Morgan fingerprint density at radius 2 is 1.58 bits per heavy atom. The van der Waals surface area contributed by atoms with Crippen molar-refractivity contribution in [3.63, 3.8) is 0 Å². The Labute approximate surface area is 147 Å². The van der Waals surface area contributed by atoms with E-state index in [1.807, 2.05) is 0 Å². The minimum absolute atomic E-state index is 0.200. The van der Waals surface area contributed by atoms with Crippen molar-refractivity contribution in [3.8, 4) is 0 Å². The number of rotatable bonds is 4. The van der Waals surface area contributed by atoms with Gasteiger partial charge < -0.3 is 4.43 Å². The zero-order valence-electron chi connectivity index (χ0n) is 15.5. The first-order valence-electron chi connectivity index (χ1n) is 8.76. The Hall–Kier alpha value is -1.64. The van der Waals surface area contributed by atoms with E-state index >= 15 is 0 Å². The Balaban J connectivity index is 1.97. The third-order valence-corrected chi connectivity index (χ3v) is 10.0. The molecule has 0 amide bonds. The number of hydrogen-bond donors (Lipinski definition) is 0. The maximum absolute atomic E-state index is 6.93. The van der Waals surface area contributed by atoms with Crippen LogP contribution in [0.15, 0.2) is 60.7 Å². The van der Waals surface area contributed by atoms with Crippen molar-refractivity contribution in [1.82, 2.24) is 0 Å². The number of hydrogen-bond acceptors (Lipinski definition) is 1. The van der Waals surface area contributed by atoms with Gasteiger partial charge in [-0.15, -0.1) is 0 Å². The molecule has 1 nitrogen and oxygen atoms in total. The van der Waals surface area contributed by atoms with Crippen LogP contribution in [0, 0.1) is 0 Å². The molecule has 0 N–H and O–H groups in total. The summed E-state index contributed by atoms with van der Waals surface area (Å²) in [5.41, 5.74) is 3.70. The van der Waals surface area contributed by atoms with Crippen molar-refractivity contribution in [2.45, 2.75) is 50.9 Å². The molecule has 1 unspecified atom stereocenters.